The van der Waals surface area contributed by atoms with Crippen molar-refractivity contribution in [2.24, 2.45) is 5.73 Å². The molecule has 4 heteroatoms. The van der Waals surface area contributed by atoms with E-state index in [0.29, 0.717) is 0 Å². The van der Waals surface area contributed by atoms with E-state index >= 15 is 0 Å². The molecule has 84 valence electrons. The van der Waals surface area contributed by atoms with Crippen LogP contribution in [0, 0.1) is 0 Å². The Hall–Kier alpha value is -1.81. The first-order valence-corrected chi connectivity index (χ1v) is 5.17. The maximum Gasteiger partial charge on any atom is 0.231 e. The number of nitrogens with one attached hydrogen (secondary N) is 1. The van der Waals surface area contributed by atoms with Gasteiger partial charge in [-0.05, 0) is 19.1 Å². The standard InChI is InChI=1S/C12H14N2O2/c1-8(14-7-12(13)15)11-6-9-4-2-3-5-10(9)16-11/h2-6,8,14H,7H2,1H3,(H2,13,15). The lowest BCUT2D eigenvalue weighted by atomic mass is 10.2. The van der Waals surface area contributed by atoms with E-state index in [1.807, 2.05) is 37.3 Å². The van der Waals surface area contributed by atoms with Gasteiger partial charge in [-0.1, -0.05) is 18.2 Å². The molecule has 0 bridgehead atoms. The smallest absolute Gasteiger partial charge is 0.231 e. The molecule has 0 aliphatic heterocycles. The predicted octanol–water partition coefficient (Wildman–Crippen LogP) is 1.57. The number of carbonyl (C=O) groups is 1. The molecule has 2 rings (SSSR count). The Morgan fingerprint density at radius 3 is 2.94 bits per heavy atom. The molecule has 2 aromatic rings. The van der Waals surface area contributed by atoms with Crippen molar-refractivity contribution in [2.45, 2.75) is 13.0 Å². The molecule has 0 spiro atoms. The van der Waals surface area contributed by atoms with E-state index in [1.54, 1.807) is 0 Å². The fourth-order valence-electron chi connectivity index (χ4n) is 1.57. The fourth-order valence-corrected chi connectivity index (χ4v) is 1.57. The molecule has 0 fully saturated rings. The topological polar surface area (TPSA) is 68.3 Å². The number of furan rings is 1. The molecular formula is C12H14N2O2. The van der Waals surface area contributed by atoms with Crippen LogP contribution in [-0.2, 0) is 4.79 Å². The second-order valence-corrected chi connectivity index (χ2v) is 3.76. The van der Waals surface area contributed by atoms with E-state index < -0.39 is 0 Å². The van der Waals surface area contributed by atoms with Gasteiger partial charge in [0.2, 0.25) is 5.91 Å². The zero-order valence-corrected chi connectivity index (χ0v) is 9.07. The summed E-state index contributed by atoms with van der Waals surface area (Å²) in [6.45, 7) is 2.08. The first kappa shape index (κ1) is 10.7. The van der Waals surface area contributed by atoms with Gasteiger partial charge in [-0.2, -0.15) is 0 Å². The summed E-state index contributed by atoms with van der Waals surface area (Å²) in [5.41, 5.74) is 5.91. The molecule has 1 heterocycles. The number of hydrogen-bond donors (Lipinski definition) is 2. The Kier molecular flexibility index (Phi) is 2.92. The number of rotatable bonds is 4. The molecule has 0 aliphatic rings. The molecular weight excluding hydrogens is 204 g/mol. The summed E-state index contributed by atoms with van der Waals surface area (Å²) in [5, 5.41) is 4.05. The summed E-state index contributed by atoms with van der Waals surface area (Å²) in [5.74, 6) is 0.436. The van der Waals surface area contributed by atoms with Crippen LogP contribution in [0.4, 0.5) is 0 Å². The van der Waals surface area contributed by atoms with Crippen molar-refractivity contribution in [1.82, 2.24) is 5.32 Å². The van der Waals surface area contributed by atoms with Gasteiger partial charge in [0.05, 0.1) is 12.6 Å². The normalized spacial score (nSPS) is 12.8. The summed E-state index contributed by atoms with van der Waals surface area (Å²) in [6.07, 6.45) is 0. The molecule has 1 unspecified atom stereocenters. The summed E-state index contributed by atoms with van der Waals surface area (Å²) in [7, 11) is 0. The molecule has 16 heavy (non-hydrogen) atoms. The van der Waals surface area contributed by atoms with E-state index in [2.05, 4.69) is 5.32 Å². The second kappa shape index (κ2) is 4.37. The van der Waals surface area contributed by atoms with Gasteiger partial charge in [0, 0.05) is 5.39 Å². The van der Waals surface area contributed by atoms with Crippen LogP contribution in [-0.4, -0.2) is 12.5 Å². The van der Waals surface area contributed by atoms with Gasteiger partial charge in [-0.25, -0.2) is 0 Å². The van der Waals surface area contributed by atoms with Gasteiger partial charge >= 0.3 is 0 Å². The molecule has 4 nitrogen and oxygen atoms in total. The number of para-hydroxylation sites is 1. The van der Waals surface area contributed by atoms with Crippen molar-refractivity contribution >= 4 is 16.9 Å². The Morgan fingerprint density at radius 1 is 1.50 bits per heavy atom. The van der Waals surface area contributed by atoms with Crippen molar-refractivity contribution in [3.63, 3.8) is 0 Å². The maximum atomic E-state index is 10.6. The van der Waals surface area contributed by atoms with Crippen molar-refractivity contribution < 1.29 is 9.21 Å². The van der Waals surface area contributed by atoms with Crippen LogP contribution in [0.2, 0.25) is 0 Å². The third-order valence-electron chi connectivity index (χ3n) is 2.45. The van der Waals surface area contributed by atoms with Crippen molar-refractivity contribution in [3.05, 3.63) is 36.1 Å². The Balaban J connectivity index is 2.16. The van der Waals surface area contributed by atoms with E-state index in [9.17, 15) is 4.79 Å². The number of fused-ring (bicyclic) bond motifs is 1. The van der Waals surface area contributed by atoms with Crippen LogP contribution in [0.5, 0.6) is 0 Å². The fraction of sp³-hybridized carbons (Fsp3) is 0.250. The van der Waals surface area contributed by atoms with Crippen LogP contribution in [0.3, 0.4) is 0 Å². The van der Waals surface area contributed by atoms with E-state index in [0.717, 1.165) is 16.7 Å². The van der Waals surface area contributed by atoms with Crippen LogP contribution < -0.4 is 11.1 Å². The molecule has 0 aliphatic carbocycles. The molecule has 1 amide bonds. The zero-order chi connectivity index (χ0) is 11.5. The van der Waals surface area contributed by atoms with Gasteiger partial charge in [0.1, 0.15) is 11.3 Å². The van der Waals surface area contributed by atoms with E-state index in [1.165, 1.54) is 0 Å². The van der Waals surface area contributed by atoms with Gasteiger partial charge in [0.15, 0.2) is 0 Å². The highest BCUT2D eigenvalue weighted by molar-refractivity contribution is 5.78. The van der Waals surface area contributed by atoms with Crippen LogP contribution in [0.25, 0.3) is 11.0 Å². The lowest BCUT2D eigenvalue weighted by molar-refractivity contribution is -0.117. The minimum Gasteiger partial charge on any atom is -0.459 e. The van der Waals surface area contributed by atoms with Crippen LogP contribution in [0.1, 0.15) is 18.7 Å². The molecule has 1 aromatic carbocycles. The third kappa shape index (κ3) is 2.23. The number of amides is 1. The molecule has 0 saturated heterocycles. The lowest BCUT2D eigenvalue weighted by Crippen LogP contribution is -2.30. The predicted molar refractivity (Wildman–Crippen MR) is 61.8 cm³/mol. The highest BCUT2D eigenvalue weighted by Crippen LogP contribution is 2.23. The third-order valence-corrected chi connectivity index (χ3v) is 2.45. The van der Waals surface area contributed by atoms with Gasteiger partial charge in [-0.3, -0.25) is 10.1 Å². The summed E-state index contributed by atoms with van der Waals surface area (Å²) < 4.78 is 5.65. The van der Waals surface area contributed by atoms with Crippen LogP contribution in [0.15, 0.2) is 34.7 Å². The van der Waals surface area contributed by atoms with Crippen molar-refractivity contribution in [1.29, 1.82) is 0 Å². The van der Waals surface area contributed by atoms with E-state index in [-0.39, 0.29) is 18.5 Å². The van der Waals surface area contributed by atoms with Crippen molar-refractivity contribution in [2.75, 3.05) is 6.54 Å². The monoisotopic (exact) mass is 218 g/mol. The maximum absolute atomic E-state index is 10.6. The summed E-state index contributed by atoms with van der Waals surface area (Å²) in [4.78, 5) is 10.6. The minimum absolute atomic E-state index is 0.0279. The highest BCUT2D eigenvalue weighted by atomic mass is 16.3. The average molecular weight is 218 g/mol. The molecule has 3 N–H and O–H groups in total. The highest BCUT2D eigenvalue weighted by Gasteiger charge is 2.11. The Labute approximate surface area is 93.4 Å². The number of hydrogen-bond acceptors (Lipinski definition) is 3. The molecule has 1 atom stereocenters. The summed E-state index contributed by atoms with van der Waals surface area (Å²) in [6, 6.07) is 9.73. The number of carbonyl (C=O) groups excluding carboxylic acids is 1. The molecule has 0 radical (unpaired) electrons. The lowest BCUT2D eigenvalue weighted by Gasteiger charge is -2.08. The summed E-state index contributed by atoms with van der Waals surface area (Å²) >= 11 is 0. The minimum atomic E-state index is -0.372. The van der Waals surface area contributed by atoms with Gasteiger partial charge in [-0.15, -0.1) is 0 Å². The Morgan fingerprint density at radius 2 is 2.25 bits per heavy atom. The van der Waals surface area contributed by atoms with Gasteiger partial charge in [0.25, 0.3) is 0 Å². The Bertz CT molecular complexity index is 471. The van der Waals surface area contributed by atoms with Crippen LogP contribution >= 0.6 is 0 Å². The van der Waals surface area contributed by atoms with Gasteiger partial charge < -0.3 is 10.2 Å². The average Bonchev–Trinajstić information content (AvgIpc) is 2.69. The quantitative estimate of drug-likeness (QED) is 0.818. The first-order valence-electron chi connectivity index (χ1n) is 5.17. The SMILES string of the molecule is CC(NCC(N)=O)c1cc2ccccc2o1. The molecule has 1 aromatic heterocycles. The van der Waals surface area contributed by atoms with E-state index in [4.69, 9.17) is 10.2 Å². The zero-order valence-electron chi connectivity index (χ0n) is 9.07. The number of primary amides is 1. The van der Waals surface area contributed by atoms with Crippen molar-refractivity contribution in [3.8, 4) is 0 Å². The largest absolute Gasteiger partial charge is 0.459 e. The second-order valence-electron chi connectivity index (χ2n) is 3.76. The first-order chi connectivity index (χ1) is 7.66. The molecule has 0 saturated carbocycles. The number of nitrogens with two attached hydrogens (primary N) is 1. The number of benzene rings is 1.